The standard InChI is InChI=1S/C27H29N3O2/c1-4-32-26-13-11-25(12-14-26)30-17-23-10-9-22(15-24(23)18-30)27(31)29-28-16-20-5-7-21(8-6-20)19(2)3/h5-16,19H,4,17-18H2,1-3H3,(H,29,31)/b28-16-. The van der Waals surface area contributed by atoms with Crippen LogP contribution < -0.4 is 15.1 Å². The van der Waals surface area contributed by atoms with Crippen LogP contribution in [0.5, 0.6) is 5.75 Å². The van der Waals surface area contributed by atoms with Gasteiger partial charge in [0.15, 0.2) is 0 Å². The maximum Gasteiger partial charge on any atom is 0.271 e. The number of hydrazone groups is 1. The highest BCUT2D eigenvalue weighted by atomic mass is 16.5. The van der Waals surface area contributed by atoms with E-state index >= 15 is 0 Å². The highest BCUT2D eigenvalue weighted by molar-refractivity contribution is 5.95. The summed E-state index contributed by atoms with van der Waals surface area (Å²) in [5.41, 5.74) is 9.04. The molecular weight excluding hydrogens is 398 g/mol. The van der Waals surface area contributed by atoms with Gasteiger partial charge in [-0.2, -0.15) is 5.10 Å². The second-order valence-electron chi connectivity index (χ2n) is 8.29. The molecule has 0 aliphatic carbocycles. The lowest BCUT2D eigenvalue weighted by molar-refractivity contribution is 0.0955. The molecule has 164 valence electrons. The van der Waals surface area contributed by atoms with Gasteiger partial charge in [0, 0.05) is 24.3 Å². The Morgan fingerprint density at radius 2 is 1.75 bits per heavy atom. The second-order valence-corrected chi connectivity index (χ2v) is 8.29. The Balaban J connectivity index is 1.37. The first kappa shape index (κ1) is 21.6. The molecule has 0 atom stereocenters. The summed E-state index contributed by atoms with van der Waals surface area (Å²) in [4.78, 5) is 14.9. The summed E-state index contributed by atoms with van der Waals surface area (Å²) in [5.74, 6) is 1.16. The first-order chi connectivity index (χ1) is 15.5. The number of ether oxygens (including phenoxy) is 1. The van der Waals surface area contributed by atoms with Gasteiger partial charge in [-0.15, -0.1) is 0 Å². The average molecular weight is 428 g/mol. The summed E-state index contributed by atoms with van der Waals surface area (Å²) in [7, 11) is 0. The van der Waals surface area contributed by atoms with Crippen molar-refractivity contribution in [3.63, 3.8) is 0 Å². The van der Waals surface area contributed by atoms with Gasteiger partial charge in [-0.25, -0.2) is 5.43 Å². The van der Waals surface area contributed by atoms with Gasteiger partial charge in [0.05, 0.1) is 12.8 Å². The van der Waals surface area contributed by atoms with Gasteiger partial charge in [0.1, 0.15) is 5.75 Å². The molecule has 32 heavy (non-hydrogen) atoms. The summed E-state index contributed by atoms with van der Waals surface area (Å²) in [6.45, 7) is 8.57. The predicted octanol–water partition coefficient (Wildman–Crippen LogP) is 5.49. The van der Waals surface area contributed by atoms with Gasteiger partial charge in [-0.3, -0.25) is 4.79 Å². The molecule has 0 saturated carbocycles. The highest BCUT2D eigenvalue weighted by Gasteiger charge is 2.20. The van der Waals surface area contributed by atoms with Gasteiger partial charge >= 0.3 is 0 Å². The molecule has 4 rings (SSSR count). The Labute approximate surface area is 189 Å². The molecule has 0 bridgehead atoms. The molecule has 1 N–H and O–H groups in total. The number of benzene rings is 3. The number of amides is 1. The van der Waals surface area contributed by atoms with E-state index in [4.69, 9.17) is 4.74 Å². The van der Waals surface area contributed by atoms with Crippen LogP contribution in [0.2, 0.25) is 0 Å². The van der Waals surface area contributed by atoms with Crippen LogP contribution in [0.25, 0.3) is 0 Å². The lowest BCUT2D eigenvalue weighted by Gasteiger charge is -2.18. The number of nitrogens with zero attached hydrogens (tertiary/aromatic N) is 2. The second kappa shape index (κ2) is 9.69. The summed E-state index contributed by atoms with van der Waals surface area (Å²) in [6.07, 6.45) is 1.67. The van der Waals surface area contributed by atoms with E-state index in [2.05, 4.69) is 53.5 Å². The van der Waals surface area contributed by atoms with Crippen molar-refractivity contribution in [2.45, 2.75) is 39.8 Å². The minimum absolute atomic E-state index is 0.206. The van der Waals surface area contributed by atoms with Crippen LogP contribution in [0.15, 0.2) is 71.8 Å². The van der Waals surface area contributed by atoms with Crippen LogP contribution in [0, 0.1) is 0 Å². The predicted molar refractivity (Wildman–Crippen MR) is 130 cm³/mol. The third-order valence-corrected chi connectivity index (χ3v) is 5.69. The third kappa shape index (κ3) is 4.99. The number of carbonyl (C=O) groups excluding carboxylic acids is 1. The molecule has 3 aromatic rings. The maximum absolute atomic E-state index is 12.6. The number of carbonyl (C=O) groups is 1. The van der Waals surface area contributed by atoms with Gasteiger partial charge < -0.3 is 9.64 Å². The van der Waals surface area contributed by atoms with Crippen molar-refractivity contribution in [2.24, 2.45) is 5.10 Å². The molecule has 0 saturated heterocycles. The van der Waals surface area contributed by atoms with Crippen LogP contribution in [0.3, 0.4) is 0 Å². The molecule has 0 radical (unpaired) electrons. The monoisotopic (exact) mass is 427 g/mol. The Bertz CT molecular complexity index is 1100. The van der Waals surface area contributed by atoms with Crippen molar-refractivity contribution in [1.29, 1.82) is 0 Å². The van der Waals surface area contributed by atoms with Crippen LogP contribution >= 0.6 is 0 Å². The first-order valence-electron chi connectivity index (χ1n) is 11.1. The smallest absolute Gasteiger partial charge is 0.271 e. The van der Waals surface area contributed by atoms with Crippen molar-refractivity contribution < 1.29 is 9.53 Å². The molecule has 0 aromatic heterocycles. The molecule has 3 aromatic carbocycles. The quantitative estimate of drug-likeness (QED) is 0.401. The zero-order valence-electron chi connectivity index (χ0n) is 18.8. The SMILES string of the molecule is CCOc1ccc(N2Cc3ccc(C(=O)N/N=C\c4ccc(C(C)C)cc4)cc3C2)cc1. The first-order valence-corrected chi connectivity index (χ1v) is 11.1. The molecule has 0 spiro atoms. The van der Waals surface area contributed by atoms with Crippen LogP contribution in [-0.2, 0) is 13.1 Å². The average Bonchev–Trinajstić information content (AvgIpc) is 3.23. The Morgan fingerprint density at radius 3 is 2.44 bits per heavy atom. The van der Waals surface area contributed by atoms with E-state index in [0.29, 0.717) is 18.1 Å². The maximum atomic E-state index is 12.6. The van der Waals surface area contributed by atoms with Crippen molar-refractivity contribution in [1.82, 2.24) is 5.43 Å². The minimum atomic E-state index is -0.206. The van der Waals surface area contributed by atoms with Crippen molar-refractivity contribution in [2.75, 3.05) is 11.5 Å². The van der Waals surface area contributed by atoms with E-state index in [9.17, 15) is 4.79 Å². The topological polar surface area (TPSA) is 53.9 Å². The zero-order valence-corrected chi connectivity index (χ0v) is 18.8. The number of rotatable bonds is 7. The molecule has 5 nitrogen and oxygen atoms in total. The van der Waals surface area contributed by atoms with Crippen LogP contribution in [0.4, 0.5) is 5.69 Å². The summed E-state index contributed by atoms with van der Waals surface area (Å²) in [5, 5.41) is 4.13. The zero-order chi connectivity index (χ0) is 22.5. The molecular formula is C27H29N3O2. The van der Waals surface area contributed by atoms with Crippen LogP contribution in [-0.4, -0.2) is 18.7 Å². The Kier molecular flexibility index (Phi) is 6.55. The van der Waals surface area contributed by atoms with Gasteiger partial charge in [-0.1, -0.05) is 44.2 Å². The third-order valence-electron chi connectivity index (χ3n) is 5.69. The van der Waals surface area contributed by atoms with Gasteiger partial charge in [-0.05, 0) is 71.5 Å². The van der Waals surface area contributed by atoms with E-state index in [1.165, 1.54) is 16.7 Å². The molecule has 1 aliphatic rings. The largest absolute Gasteiger partial charge is 0.494 e. The lowest BCUT2D eigenvalue weighted by atomic mass is 10.0. The van der Waals surface area contributed by atoms with E-state index in [1.54, 1.807) is 6.21 Å². The van der Waals surface area contributed by atoms with Gasteiger partial charge in [0.25, 0.3) is 5.91 Å². The molecule has 1 amide bonds. The molecule has 0 fully saturated rings. The van der Waals surface area contributed by atoms with Crippen LogP contribution in [0.1, 0.15) is 59.3 Å². The summed E-state index contributed by atoms with van der Waals surface area (Å²) >= 11 is 0. The Morgan fingerprint density at radius 1 is 1.03 bits per heavy atom. The fourth-order valence-electron chi connectivity index (χ4n) is 3.84. The van der Waals surface area contributed by atoms with Crippen molar-refractivity contribution >= 4 is 17.8 Å². The number of hydrogen-bond acceptors (Lipinski definition) is 4. The molecule has 0 unspecified atom stereocenters. The highest BCUT2D eigenvalue weighted by Crippen LogP contribution is 2.30. The number of hydrogen-bond donors (Lipinski definition) is 1. The number of fused-ring (bicyclic) bond motifs is 1. The van der Waals surface area contributed by atoms with Crippen molar-refractivity contribution in [3.05, 3.63) is 94.5 Å². The fourth-order valence-corrected chi connectivity index (χ4v) is 3.84. The van der Waals surface area contributed by atoms with E-state index < -0.39 is 0 Å². The summed E-state index contributed by atoms with van der Waals surface area (Å²) < 4.78 is 5.53. The number of anilines is 1. The summed E-state index contributed by atoms with van der Waals surface area (Å²) in [6, 6.07) is 22.2. The normalized spacial score (nSPS) is 12.9. The van der Waals surface area contributed by atoms with Gasteiger partial charge in [0.2, 0.25) is 0 Å². The molecule has 1 aliphatic heterocycles. The minimum Gasteiger partial charge on any atom is -0.494 e. The van der Waals surface area contributed by atoms with E-state index in [1.807, 2.05) is 49.4 Å². The van der Waals surface area contributed by atoms with E-state index in [-0.39, 0.29) is 5.91 Å². The fraction of sp³-hybridized carbons (Fsp3) is 0.259. The van der Waals surface area contributed by atoms with E-state index in [0.717, 1.165) is 30.1 Å². The molecule has 5 heteroatoms. The lowest BCUT2D eigenvalue weighted by Crippen LogP contribution is -2.18. The Hall–Kier alpha value is -3.60. The number of nitrogens with one attached hydrogen (secondary N) is 1. The molecule has 1 heterocycles. The van der Waals surface area contributed by atoms with Crippen molar-refractivity contribution in [3.8, 4) is 5.75 Å².